The molecule has 1 amide bonds. The first-order valence-corrected chi connectivity index (χ1v) is 35.4. The number of phosphoric ester groups is 1. The van der Waals surface area contributed by atoms with Crippen LogP contribution in [0.3, 0.4) is 0 Å². The Hall–Kier alpha value is -2.81. The number of amides is 1. The maximum Gasteiger partial charge on any atom is 0.306 e. The summed E-state index contributed by atoms with van der Waals surface area (Å²) >= 11 is 0. The number of quaternary nitrogens is 1. The molecule has 0 bridgehead atoms. The second-order valence-corrected chi connectivity index (χ2v) is 25.4. The molecular weight excluding hydrogens is 1020 g/mol. The van der Waals surface area contributed by atoms with Crippen LogP contribution in [0.15, 0.2) is 85.1 Å². The predicted molar refractivity (Wildman–Crippen MR) is 348 cm³/mol. The highest BCUT2D eigenvalue weighted by molar-refractivity contribution is 7.45. The Balaban J connectivity index is 5.15. The van der Waals surface area contributed by atoms with Crippen LogP contribution in [0.2, 0.25) is 0 Å². The van der Waals surface area contributed by atoms with Crippen molar-refractivity contribution in [3.8, 4) is 0 Å². The van der Waals surface area contributed by atoms with E-state index in [9.17, 15) is 19.0 Å². The molecule has 3 atom stereocenters. The number of allylic oxidation sites excluding steroid dienone is 13. The summed E-state index contributed by atoms with van der Waals surface area (Å²) in [6, 6.07) is -0.901. The molecule has 0 aromatic carbocycles. The monoisotopic (exact) mass is 1150 g/mol. The van der Waals surface area contributed by atoms with Crippen molar-refractivity contribution >= 4 is 19.7 Å². The molecule has 0 heterocycles. The van der Waals surface area contributed by atoms with E-state index >= 15 is 0 Å². The van der Waals surface area contributed by atoms with Gasteiger partial charge < -0.3 is 28.5 Å². The third kappa shape index (κ3) is 61.6. The third-order valence-electron chi connectivity index (χ3n) is 14.8. The number of hydrogen-bond donors (Lipinski definition) is 1. The number of esters is 1. The maximum absolute atomic E-state index is 13.6. The van der Waals surface area contributed by atoms with Gasteiger partial charge in [-0.05, 0) is 83.1 Å². The normalized spacial score (nSPS) is 14.1. The molecule has 3 unspecified atom stereocenters. The van der Waals surface area contributed by atoms with Crippen LogP contribution in [-0.4, -0.2) is 69.4 Å². The Labute approximate surface area is 501 Å². The van der Waals surface area contributed by atoms with Crippen molar-refractivity contribution in [2.75, 3.05) is 40.9 Å². The maximum atomic E-state index is 13.6. The molecule has 470 valence electrons. The molecule has 0 rings (SSSR count). The Morgan fingerprint density at radius 2 is 0.790 bits per heavy atom. The molecule has 10 heteroatoms. The smallest absolute Gasteiger partial charge is 0.306 e. The minimum absolute atomic E-state index is 0.0285. The van der Waals surface area contributed by atoms with Crippen molar-refractivity contribution < 1.29 is 37.3 Å². The molecule has 0 fully saturated rings. The van der Waals surface area contributed by atoms with Gasteiger partial charge in [-0.25, -0.2) is 0 Å². The van der Waals surface area contributed by atoms with Gasteiger partial charge in [-0.3, -0.25) is 14.2 Å². The number of hydrogen-bond acceptors (Lipinski definition) is 7. The quantitative estimate of drug-likeness (QED) is 0.0212. The first-order valence-electron chi connectivity index (χ1n) is 33.9. The van der Waals surface area contributed by atoms with E-state index in [0.717, 1.165) is 103 Å². The summed E-state index contributed by atoms with van der Waals surface area (Å²) in [5.74, 6) is -0.564. The van der Waals surface area contributed by atoms with Crippen LogP contribution in [0.4, 0.5) is 0 Å². The predicted octanol–water partition coefficient (Wildman–Crippen LogP) is 20.7. The van der Waals surface area contributed by atoms with Gasteiger partial charge in [-0.1, -0.05) is 292 Å². The Morgan fingerprint density at radius 1 is 0.444 bits per heavy atom. The lowest BCUT2D eigenvalue weighted by atomic mass is 10.0. The van der Waals surface area contributed by atoms with Crippen LogP contribution in [-0.2, 0) is 27.9 Å². The molecule has 0 aliphatic rings. The number of carbonyl (C=O) groups excluding carboxylic acids is 2. The summed E-state index contributed by atoms with van der Waals surface area (Å²) in [6.45, 7) is 6.73. The number of nitrogens with one attached hydrogen (secondary N) is 1. The second kappa shape index (κ2) is 60.3. The minimum atomic E-state index is -4.71. The Kier molecular flexibility index (Phi) is 58.2. The van der Waals surface area contributed by atoms with E-state index in [1.807, 2.05) is 33.3 Å². The molecule has 1 N–H and O–H groups in total. The first-order chi connectivity index (χ1) is 39.4. The molecule has 0 saturated heterocycles. The van der Waals surface area contributed by atoms with Crippen LogP contribution < -0.4 is 10.2 Å². The van der Waals surface area contributed by atoms with Gasteiger partial charge in [0.15, 0.2) is 0 Å². The lowest BCUT2D eigenvalue weighted by molar-refractivity contribution is -0.870. The van der Waals surface area contributed by atoms with E-state index in [-0.39, 0.29) is 24.9 Å². The van der Waals surface area contributed by atoms with E-state index in [4.69, 9.17) is 13.8 Å². The highest BCUT2D eigenvalue weighted by Gasteiger charge is 2.27. The number of rotatable bonds is 61. The topological polar surface area (TPSA) is 114 Å². The summed E-state index contributed by atoms with van der Waals surface area (Å²) in [6.07, 6.45) is 79.9. The number of likely N-dealkylation sites (N-methyl/N-ethyl adjacent to an activating group) is 1. The summed E-state index contributed by atoms with van der Waals surface area (Å²) in [7, 11) is 1.17. The van der Waals surface area contributed by atoms with Gasteiger partial charge in [0.1, 0.15) is 19.3 Å². The van der Waals surface area contributed by atoms with Crippen molar-refractivity contribution in [3.05, 3.63) is 85.1 Å². The summed E-state index contributed by atoms with van der Waals surface area (Å²) in [5, 5.41) is 3.03. The first kappa shape index (κ1) is 78.2. The Morgan fingerprint density at radius 3 is 1.19 bits per heavy atom. The van der Waals surface area contributed by atoms with Gasteiger partial charge in [-0.15, -0.1) is 0 Å². The third-order valence-corrected chi connectivity index (χ3v) is 15.8. The lowest BCUT2D eigenvalue weighted by Gasteiger charge is -2.30. The number of ether oxygens (including phenoxy) is 1. The highest BCUT2D eigenvalue weighted by atomic mass is 31.2. The van der Waals surface area contributed by atoms with Gasteiger partial charge in [0.05, 0.1) is 33.8 Å². The van der Waals surface area contributed by atoms with Crippen LogP contribution in [0.25, 0.3) is 0 Å². The summed E-state index contributed by atoms with van der Waals surface area (Å²) < 4.78 is 30.4. The number of phosphoric acid groups is 1. The zero-order chi connectivity index (χ0) is 59.3. The van der Waals surface area contributed by atoms with Crippen LogP contribution in [0.1, 0.15) is 303 Å². The molecule has 81 heavy (non-hydrogen) atoms. The summed E-state index contributed by atoms with van der Waals surface area (Å²) in [5.41, 5.74) is 0. The fourth-order valence-corrected chi connectivity index (χ4v) is 10.4. The van der Waals surface area contributed by atoms with Crippen molar-refractivity contribution in [3.63, 3.8) is 0 Å². The zero-order valence-corrected chi connectivity index (χ0v) is 54.6. The van der Waals surface area contributed by atoms with E-state index in [1.165, 1.54) is 161 Å². The molecule has 0 saturated carbocycles. The number of unbranched alkanes of at least 4 members (excludes halogenated alkanes) is 33. The fraction of sp³-hybridized carbons (Fsp3) is 0.775. The van der Waals surface area contributed by atoms with Crippen LogP contribution in [0.5, 0.6) is 0 Å². The van der Waals surface area contributed by atoms with E-state index < -0.39 is 26.6 Å². The largest absolute Gasteiger partial charge is 0.756 e. The molecule has 0 radical (unpaired) electrons. The number of nitrogens with zero attached hydrogens (tertiary/aromatic N) is 1. The van der Waals surface area contributed by atoms with E-state index in [2.05, 4.69) is 99.0 Å². The van der Waals surface area contributed by atoms with Crippen molar-refractivity contribution in [2.45, 2.75) is 315 Å². The van der Waals surface area contributed by atoms with Crippen LogP contribution in [0, 0.1) is 0 Å². The minimum Gasteiger partial charge on any atom is -0.756 e. The molecule has 0 spiro atoms. The fourth-order valence-electron chi connectivity index (χ4n) is 9.64. The molecule has 0 aromatic heterocycles. The average Bonchev–Trinajstić information content (AvgIpc) is 3.44. The van der Waals surface area contributed by atoms with Gasteiger partial charge in [0, 0.05) is 12.8 Å². The van der Waals surface area contributed by atoms with Gasteiger partial charge in [-0.2, -0.15) is 0 Å². The number of carbonyl (C=O) groups is 2. The van der Waals surface area contributed by atoms with Gasteiger partial charge in [0.2, 0.25) is 5.91 Å². The molecular formula is C71H129N2O7P. The molecule has 0 aliphatic carbocycles. The summed E-state index contributed by atoms with van der Waals surface area (Å²) in [4.78, 5) is 40.1. The van der Waals surface area contributed by atoms with Gasteiger partial charge in [0.25, 0.3) is 7.82 Å². The molecule has 0 aliphatic heterocycles. The Bertz CT molecular complexity index is 1660. The second-order valence-electron chi connectivity index (χ2n) is 24.0. The van der Waals surface area contributed by atoms with Crippen molar-refractivity contribution in [1.82, 2.24) is 5.32 Å². The van der Waals surface area contributed by atoms with Crippen molar-refractivity contribution in [1.29, 1.82) is 0 Å². The van der Waals surface area contributed by atoms with E-state index in [0.29, 0.717) is 23.9 Å². The van der Waals surface area contributed by atoms with E-state index in [1.54, 1.807) is 0 Å². The zero-order valence-electron chi connectivity index (χ0n) is 53.7. The van der Waals surface area contributed by atoms with Crippen molar-refractivity contribution in [2.24, 2.45) is 0 Å². The molecule has 0 aromatic rings. The average molecular weight is 1150 g/mol. The van der Waals surface area contributed by atoms with Crippen LogP contribution >= 0.6 is 7.82 Å². The molecule has 9 nitrogen and oxygen atoms in total. The van der Waals surface area contributed by atoms with Gasteiger partial charge >= 0.3 is 5.97 Å². The SMILES string of the molecule is CC/C=C\C/C=C\C/C=C\C/C=C\C/C=C\C/C=C\CCCCCCC(=O)OC(/C=C/CCCCCCCCCCC)C(COP(=O)([O-])OCC[N+](C)(C)C)NC(=O)CCCCCCCCCCCCCCCCCCCCCCC. The standard InChI is InChI=1S/C71H129N2O7P/c1-7-10-13-16-19-22-25-27-29-31-33-35-36-38-40-42-44-46-49-52-55-58-61-64-71(75)80-69(62-59-56-53-50-47-24-21-18-15-12-9-3)68(67-79-81(76,77)78-66-65-73(4,5)6)72-70(74)63-60-57-54-51-48-45-43-41-39-37-34-32-30-28-26-23-20-17-14-11-8-2/h10,13,19,22,27,29,33,35,38,40,44,46,59,62,68-69H,7-9,11-12,14-18,20-21,23-26,28,30-32,34,36-37,39,41-43,45,47-58,60-61,63-67H2,1-6H3,(H-,72,74,76,77)/b13-10-,22-19-,29-27-,35-33-,40-38-,46-44-,62-59+. The lowest BCUT2D eigenvalue weighted by Crippen LogP contribution is -2.47. The highest BCUT2D eigenvalue weighted by Crippen LogP contribution is 2.38.